The monoisotopic (exact) mass is 276 g/mol. The lowest BCUT2D eigenvalue weighted by molar-refractivity contribution is 0.133. The third-order valence-electron chi connectivity index (χ3n) is 2.88. The molecule has 1 heterocycles. The summed E-state index contributed by atoms with van der Waals surface area (Å²) in [5, 5.41) is 10.4. The highest BCUT2D eigenvalue weighted by molar-refractivity contribution is 5.85. The molecule has 1 aromatic heterocycles. The van der Waals surface area contributed by atoms with Gasteiger partial charge in [-0.05, 0) is 30.7 Å². The molecule has 2 aromatic rings. The third-order valence-corrected chi connectivity index (χ3v) is 2.88. The summed E-state index contributed by atoms with van der Waals surface area (Å²) in [7, 11) is 1.49. The van der Waals surface area contributed by atoms with Crippen LogP contribution in [0, 0.1) is 0 Å². The lowest BCUT2D eigenvalue weighted by Crippen LogP contribution is -2.18. The largest absolute Gasteiger partial charge is 0.493 e. The van der Waals surface area contributed by atoms with Crippen molar-refractivity contribution in [2.24, 2.45) is 0 Å². The highest BCUT2D eigenvalue weighted by Gasteiger charge is 2.15. The molecule has 0 fully saturated rings. The number of ether oxygens (including phenoxy) is 2. The molecule has 5 nitrogen and oxygen atoms in total. The molecule has 20 heavy (non-hydrogen) atoms. The molecule has 0 aliphatic rings. The summed E-state index contributed by atoms with van der Waals surface area (Å²) in [6, 6.07) is 6.45. The zero-order valence-corrected chi connectivity index (χ0v) is 11.4. The smallest absolute Gasteiger partial charge is 0.336 e. The van der Waals surface area contributed by atoms with Crippen LogP contribution in [0.5, 0.6) is 11.5 Å². The second-order valence-corrected chi connectivity index (χ2v) is 4.44. The molecular weight excluding hydrogens is 260 g/mol. The van der Waals surface area contributed by atoms with E-state index in [2.05, 4.69) is 6.58 Å². The summed E-state index contributed by atoms with van der Waals surface area (Å²) in [5.74, 6) is 0.726. The molecule has 0 radical (unpaired) electrons. The third kappa shape index (κ3) is 2.83. The molecule has 1 unspecified atom stereocenters. The summed E-state index contributed by atoms with van der Waals surface area (Å²) in [5.41, 5.74) is 0.410. The van der Waals surface area contributed by atoms with Gasteiger partial charge in [-0.15, -0.1) is 0 Å². The number of benzene rings is 1. The summed E-state index contributed by atoms with van der Waals surface area (Å²) < 4.78 is 15.9. The fourth-order valence-electron chi connectivity index (χ4n) is 1.69. The lowest BCUT2D eigenvalue weighted by atomic mass is 10.2. The van der Waals surface area contributed by atoms with E-state index in [0.29, 0.717) is 28.0 Å². The van der Waals surface area contributed by atoms with Gasteiger partial charge in [0.05, 0.1) is 7.11 Å². The predicted molar refractivity (Wildman–Crippen MR) is 75.4 cm³/mol. The zero-order valence-electron chi connectivity index (χ0n) is 11.4. The van der Waals surface area contributed by atoms with Crippen molar-refractivity contribution in [2.75, 3.05) is 13.7 Å². The fraction of sp³-hybridized carbons (Fsp3) is 0.267. The number of aliphatic hydroxyl groups is 1. The Morgan fingerprint density at radius 3 is 2.75 bits per heavy atom. The second kappa shape index (κ2) is 5.79. The minimum atomic E-state index is -0.801. The van der Waals surface area contributed by atoms with Crippen molar-refractivity contribution in [2.45, 2.75) is 13.0 Å². The Labute approximate surface area is 116 Å². The van der Waals surface area contributed by atoms with Gasteiger partial charge in [-0.2, -0.15) is 0 Å². The minimum Gasteiger partial charge on any atom is -0.493 e. The Bertz CT molecular complexity index is 686. The molecule has 0 bridgehead atoms. The van der Waals surface area contributed by atoms with Gasteiger partial charge in [-0.3, -0.25) is 0 Å². The lowest BCUT2D eigenvalue weighted by Gasteiger charge is -2.15. The van der Waals surface area contributed by atoms with Crippen molar-refractivity contribution in [3.05, 3.63) is 46.8 Å². The van der Waals surface area contributed by atoms with E-state index >= 15 is 0 Å². The van der Waals surface area contributed by atoms with E-state index in [1.807, 2.05) is 0 Å². The molecule has 0 aliphatic carbocycles. The highest BCUT2D eigenvalue weighted by atomic mass is 16.5. The van der Waals surface area contributed by atoms with Gasteiger partial charge < -0.3 is 19.0 Å². The van der Waals surface area contributed by atoms with Crippen molar-refractivity contribution in [3.63, 3.8) is 0 Å². The Kier molecular flexibility index (Phi) is 4.10. The first-order valence-corrected chi connectivity index (χ1v) is 6.10. The first-order chi connectivity index (χ1) is 9.52. The van der Waals surface area contributed by atoms with Crippen LogP contribution in [-0.2, 0) is 0 Å². The van der Waals surface area contributed by atoms with Crippen molar-refractivity contribution in [3.8, 4) is 11.5 Å². The van der Waals surface area contributed by atoms with Crippen LogP contribution in [0.4, 0.5) is 0 Å². The van der Waals surface area contributed by atoms with E-state index in [1.54, 1.807) is 25.1 Å². The molecule has 0 saturated heterocycles. The number of rotatable bonds is 5. The van der Waals surface area contributed by atoms with E-state index in [1.165, 1.54) is 13.2 Å². The van der Waals surface area contributed by atoms with Crippen LogP contribution in [-0.4, -0.2) is 24.9 Å². The summed E-state index contributed by atoms with van der Waals surface area (Å²) in [6.07, 6.45) is -0.801. The standard InChI is InChI=1S/C15H16O5/c1-9(2)11(16)8-19-15-12(18-3)6-4-10-5-7-13(17)20-14(10)15/h4-7,11,16H,1,8H2,2-3H3. The minimum absolute atomic E-state index is 0.00338. The average molecular weight is 276 g/mol. The van der Waals surface area contributed by atoms with Gasteiger partial charge in [-0.25, -0.2) is 4.79 Å². The summed E-state index contributed by atoms with van der Waals surface area (Å²) >= 11 is 0. The van der Waals surface area contributed by atoms with Gasteiger partial charge in [0.1, 0.15) is 12.7 Å². The maximum absolute atomic E-state index is 11.4. The molecule has 1 atom stereocenters. The fourth-order valence-corrected chi connectivity index (χ4v) is 1.69. The van der Waals surface area contributed by atoms with Gasteiger partial charge in [0.2, 0.25) is 5.75 Å². The maximum atomic E-state index is 11.4. The quantitative estimate of drug-likeness (QED) is 0.669. The Hall–Kier alpha value is -2.27. The van der Waals surface area contributed by atoms with Gasteiger partial charge in [0, 0.05) is 11.5 Å². The first kappa shape index (κ1) is 14.1. The Balaban J connectivity index is 2.45. The second-order valence-electron chi connectivity index (χ2n) is 4.44. The molecule has 1 aromatic carbocycles. The first-order valence-electron chi connectivity index (χ1n) is 6.10. The normalized spacial score (nSPS) is 12.2. The molecule has 5 heteroatoms. The topological polar surface area (TPSA) is 68.9 Å². The van der Waals surface area contributed by atoms with E-state index in [0.717, 1.165) is 0 Å². The number of fused-ring (bicyclic) bond motifs is 1. The number of hydrogen-bond donors (Lipinski definition) is 1. The van der Waals surface area contributed by atoms with Crippen LogP contribution in [0.25, 0.3) is 11.0 Å². The van der Waals surface area contributed by atoms with Crippen LogP contribution >= 0.6 is 0 Å². The van der Waals surface area contributed by atoms with Gasteiger partial charge in [-0.1, -0.05) is 6.58 Å². The van der Waals surface area contributed by atoms with E-state index < -0.39 is 11.7 Å². The molecule has 0 aliphatic heterocycles. The van der Waals surface area contributed by atoms with Gasteiger partial charge in [0.25, 0.3) is 0 Å². The van der Waals surface area contributed by atoms with Gasteiger partial charge in [0.15, 0.2) is 11.3 Å². The molecule has 106 valence electrons. The molecule has 2 rings (SSSR count). The van der Waals surface area contributed by atoms with Crippen LogP contribution in [0.3, 0.4) is 0 Å². The van der Waals surface area contributed by atoms with E-state index in [4.69, 9.17) is 13.9 Å². The van der Waals surface area contributed by atoms with Crippen LogP contribution in [0.2, 0.25) is 0 Å². The maximum Gasteiger partial charge on any atom is 0.336 e. The van der Waals surface area contributed by atoms with Crippen LogP contribution in [0.1, 0.15) is 6.92 Å². The van der Waals surface area contributed by atoms with Crippen LogP contribution in [0.15, 0.2) is 45.6 Å². The van der Waals surface area contributed by atoms with Crippen LogP contribution < -0.4 is 15.1 Å². The molecular formula is C15H16O5. The summed E-state index contributed by atoms with van der Waals surface area (Å²) in [6.45, 7) is 5.36. The zero-order chi connectivity index (χ0) is 14.7. The number of aliphatic hydroxyl groups excluding tert-OH is 1. The van der Waals surface area contributed by atoms with Gasteiger partial charge >= 0.3 is 5.63 Å². The van der Waals surface area contributed by atoms with Crippen molar-refractivity contribution in [1.82, 2.24) is 0 Å². The van der Waals surface area contributed by atoms with Crippen molar-refractivity contribution in [1.29, 1.82) is 0 Å². The molecule has 0 amide bonds. The highest BCUT2D eigenvalue weighted by Crippen LogP contribution is 2.35. The van der Waals surface area contributed by atoms with E-state index in [-0.39, 0.29) is 6.61 Å². The predicted octanol–water partition coefficient (Wildman–Crippen LogP) is 2.12. The molecule has 0 spiro atoms. The summed E-state index contributed by atoms with van der Waals surface area (Å²) in [4.78, 5) is 11.4. The Morgan fingerprint density at radius 1 is 1.40 bits per heavy atom. The number of methoxy groups -OCH3 is 1. The Morgan fingerprint density at radius 2 is 2.10 bits per heavy atom. The van der Waals surface area contributed by atoms with Crippen molar-refractivity contribution >= 4 is 11.0 Å². The van der Waals surface area contributed by atoms with E-state index in [9.17, 15) is 9.90 Å². The van der Waals surface area contributed by atoms with Crippen molar-refractivity contribution < 1.29 is 19.0 Å². The SMILES string of the molecule is C=C(C)C(O)COc1c(OC)ccc2ccc(=O)oc12. The average Bonchev–Trinajstić information content (AvgIpc) is 2.43. The molecule has 0 saturated carbocycles. The number of hydrogen-bond acceptors (Lipinski definition) is 5. The molecule has 1 N–H and O–H groups in total.